The molecule has 0 saturated heterocycles. The molecule has 2 unspecified atom stereocenters. The highest BCUT2D eigenvalue weighted by molar-refractivity contribution is 5.33. The highest BCUT2D eigenvalue weighted by Crippen LogP contribution is 2.21. The molecule has 1 aromatic carbocycles. The van der Waals surface area contributed by atoms with Gasteiger partial charge >= 0.3 is 0 Å². The lowest BCUT2D eigenvalue weighted by Crippen LogP contribution is -2.37. The number of nitrogens with one attached hydrogen (secondary N) is 1. The first-order chi connectivity index (χ1) is 9.35. The summed E-state index contributed by atoms with van der Waals surface area (Å²) in [6, 6.07) is 7.78. The maximum absolute atomic E-state index is 3.48. The van der Waals surface area contributed by atoms with Gasteiger partial charge in [0.25, 0.3) is 0 Å². The van der Waals surface area contributed by atoms with Gasteiger partial charge in [0, 0.05) is 18.6 Å². The van der Waals surface area contributed by atoms with Gasteiger partial charge in [-0.2, -0.15) is 0 Å². The van der Waals surface area contributed by atoms with Crippen molar-refractivity contribution in [1.29, 1.82) is 0 Å². The van der Waals surface area contributed by atoms with E-state index in [1.165, 1.54) is 23.1 Å². The predicted octanol–water partition coefficient (Wildman–Crippen LogP) is 3.93. The Morgan fingerprint density at radius 2 is 1.80 bits per heavy atom. The molecule has 0 aliphatic rings. The standard InChI is InChI=1S/C18H32N2/c1-13(2)10-16(5)20(7)12-18(19-6)17-9-8-14(3)11-15(17)4/h8-9,11,13,16,18-19H,10,12H2,1-7H3. The lowest BCUT2D eigenvalue weighted by molar-refractivity contribution is 0.208. The van der Waals surface area contributed by atoms with E-state index in [4.69, 9.17) is 0 Å². The van der Waals surface area contributed by atoms with Gasteiger partial charge in [-0.3, -0.25) is 0 Å². The third kappa shape index (κ3) is 4.92. The van der Waals surface area contributed by atoms with Crippen molar-refractivity contribution in [2.75, 3.05) is 20.6 Å². The highest BCUT2D eigenvalue weighted by atomic mass is 15.1. The Labute approximate surface area is 125 Å². The molecule has 0 fully saturated rings. The Kier molecular flexibility index (Phi) is 6.70. The first-order valence-corrected chi connectivity index (χ1v) is 7.79. The van der Waals surface area contributed by atoms with E-state index >= 15 is 0 Å². The number of hydrogen-bond donors (Lipinski definition) is 1. The van der Waals surface area contributed by atoms with Crippen LogP contribution in [0.25, 0.3) is 0 Å². The summed E-state index contributed by atoms with van der Waals surface area (Å²) >= 11 is 0. The lowest BCUT2D eigenvalue weighted by Gasteiger charge is -2.31. The zero-order chi connectivity index (χ0) is 15.3. The van der Waals surface area contributed by atoms with Crippen LogP contribution in [-0.2, 0) is 0 Å². The van der Waals surface area contributed by atoms with E-state index in [9.17, 15) is 0 Å². The topological polar surface area (TPSA) is 15.3 Å². The first-order valence-electron chi connectivity index (χ1n) is 7.79. The fraction of sp³-hybridized carbons (Fsp3) is 0.667. The minimum atomic E-state index is 0.398. The second kappa shape index (κ2) is 7.80. The number of benzene rings is 1. The van der Waals surface area contributed by atoms with Crippen LogP contribution >= 0.6 is 0 Å². The summed E-state index contributed by atoms with van der Waals surface area (Å²) in [6.07, 6.45) is 1.25. The third-order valence-corrected chi connectivity index (χ3v) is 4.18. The number of likely N-dealkylation sites (N-methyl/N-ethyl adjacent to an activating group) is 2. The predicted molar refractivity (Wildman–Crippen MR) is 89.3 cm³/mol. The molecule has 2 nitrogen and oxygen atoms in total. The summed E-state index contributed by atoms with van der Waals surface area (Å²) in [4.78, 5) is 2.47. The van der Waals surface area contributed by atoms with Crippen LogP contribution in [-0.4, -0.2) is 31.6 Å². The summed E-state index contributed by atoms with van der Waals surface area (Å²) in [5.41, 5.74) is 4.14. The fourth-order valence-electron chi connectivity index (χ4n) is 2.89. The molecular formula is C18H32N2. The summed E-state index contributed by atoms with van der Waals surface area (Å²) in [7, 11) is 4.30. The molecule has 0 radical (unpaired) electrons. The Morgan fingerprint density at radius 1 is 1.15 bits per heavy atom. The molecule has 0 spiro atoms. The van der Waals surface area contributed by atoms with Crippen LogP contribution in [0.2, 0.25) is 0 Å². The van der Waals surface area contributed by atoms with Crippen LogP contribution in [0.1, 0.15) is 49.9 Å². The maximum atomic E-state index is 3.48. The summed E-state index contributed by atoms with van der Waals surface area (Å²) in [6.45, 7) is 12.3. The molecule has 0 saturated carbocycles. The van der Waals surface area contributed by atoms with E-state index in [-0.39, 0.29) is 0 Å². The zero-order valence-corrected chi connectivity index (χ0v) is 14.3. The van der Waals surface area contributed by atoms with Gasteiger partial charge in [-0.1, -0.05) is 37.6 Å². The first kappa shape index (κ1) is 17.2. The summed E-state index contributed by atoms with van der Waals surface area (Å²) in [5, 5.41) is 3.48. The van der Waals surface area contributed by atoms with Gasteiger partial charge in [-0.25, -0.2) is 0 Å². The maximum Gasteiger partial charge on any atom is 0.0449 e. The van der Waals surface area contributed by atoms with E-state index in [1.54, 1.807) is 0 Å². The molecule has 0 amide bonds. The molecule has 20 heavy (non-hydrogen) atoms. The van der Waals surface area contributed by atoms with Gasteiger partial charge < -0.3 is 10.2 Å². The number of hydrogen-bond acceptors (Lipinski definition) is 2. The monoisotopic (exact) mass is 276 g/mol. The molecular weight excluding hydrogens is 244 g/mol. The largest absolute Gasteiger partial charge is 0.312 e. The number of nitrogens with zero attached hydrogens (tertiary/aromatic N) is 1. The Hall–Kier alpha value is -0.860. The van der Waals surface area contributed by atoms with Gasteiger partial charge in [0.15, 0.2) is 0 Å². The van der Waals surface area contributed by atoms with Crippen molar-refractivity contribution in [1.82, 2.24) is 10.2 Å². The molecule has 0 aromatic heterocycles. The Balaban J connectivity index is 2.76. The van der Waals surface area contributed by atoms with Crippen LogP contribution in [0.3, 0.4) is 0 Å². The van der Waals surface area contributed by atoms with Crippen molar-refractivity contribution in [3.05, 3.63) is 34.9 Å². The zero-order valence-electron chi connectivity index (χ0n) is 14.3. The van der Waals surface area contributed by atoms with Crippen LogP contribution in [0.15, 0.2) is 18.2 Å². The normalized spacial score (nSPS) is 14.8. The Morgan fingerprint density at radius 3 is 2.30 bits per heavy atom. The molecule has 0 heterocycles. The average molecular weight is 276 g/mol. The third-order valence-electron chi connectivity index (χ3n) is 4.18. The molecule has 114 valence electrons. The lowest BCUT2D eigenvalue weighted by atomic mass is 9.98. The van der Waals surface area contributed by atoms with E-state index in [0.717, 1.165) is 12.5 Å². The Bertz CT molecular complexity index is 412. The second-order valence-electron chi connectivity index (χ2n) is 6.62. The molecule has 0 aliphatic carbocycles. The summed E-state index contributed by atoms with van der Waals surface area (Å²) in [5.74, 6) is 0.751. The van der Waals surface area contributed by atoms with Crippen molar-refractivity contribution < 1.29 is 0 Å². The molecule has 1 aromatic rings. The van der Waals surface area contributed by atoms with Gasteiger partial charge in [-0.15, -0.1) is 0 Å². The molecule has 2 heteroatoms. The molecule has 1 N–H and O–H groups in total. The summed E-state index contributed by atoms with van der Waals surface area (Å²) < 4.78 is 0. The van der Waals surface area contributed by atoms with Crippen molar-refractivity contribution in [2.24, 2.45) is 5.92 Å². The second-order valence-corrected chi connectivity index (χ2v) is 6.62. The van der Waals surface area contributed by atoms with Crippen LogP contribution < -0.4 is 5.32 Å². The van der Waals surface area contributed by atoms with E-state index < -0.39 is 0 Å². The minimum absolute atomic E-state index is 0.398. The quantitative estimate of drug-likeness (QED) is 0.811. The van der Waals surface area contributed by atoms with Crippen LogP contribution in [0.5, 0.6) is 0 Å². The molecule has 1 rings (SSSR count). The van der Waals surface area contributed by atoms with Crippen molar-refractivity contribution >= 4 is 0 Å². The number of rotatable bonds is 7. The highest BCUT2D eigenvalue weighted by Gasteiger charge is 2.18. The molecule has 2 atom stereocenters. The van der Waals surface area contributed by atoms with Crippen molar-refractivity contribution in [3.63, 3.8) is 0 Å². The van der Waals surface area contributed by atoms with Gasteiger partial charge in [0.05, 0.1) is 0 Å². The average Bonchev–Trinajstić information content (AvgIpc) is 2.35. The smallest absolute Gasteiger partial charge is 0.0449 e. The SMILES string of the molecule is CNC(CN(C)C(C)CC(C)C)c1ccc(C)cc1C. The van der Waals surface area contributed by atoms with E-state index in [0.29, 0.717) is 12.1 Å². The van der Waals surface area contributed by atoms with Crippen molar-refractivity contribution in [2.45, 2.75) is 53.1 Å². The number of aryl methyl sites for hydroxylation is 2. The fourth-order valence-corrected chi connectivity index (χ4v) is 2.89. The van der Waals surface area contributed by atoms with E-state index in [1.807, 2.05) is 0 Å². The molecule has 0 aliphatic heterocycles. The van der Waals surface area contributed by atoms with Gasteiger partial charge in [0.1, 0.15) is 0 Å². The molecule has 0 bridgehead atoms. The van der Waals surface area contributed by atoms with Crippen molar-refractivity contribution in [3.8, 4) is 0 Å². The van der Waals surface area contributed by atoms with Crippen LogP contribution in [0, 0.1) is 19.8 Å². The van der Waals surface area contributed by atoms with Crippen LogP contribution in [0.4, 0.5) is 0 Å². The van der Waals surface area contributed by atoms with Gasteiger partial charge in [-0.05, 0) is 58.3 Å². The van der Waals surface area contributed by atoms with E-state index in [2.05, 4.69) is 77.1 Å². The van der Waals surface area contributed by atoms with Gasteiger partial charge in [0.2, 0.25) is 0 Å². The minimum Gasteiger partial charge on any atom is -0.312 e.